The van der Waals surface area contributed by atoms with E-state index >= 15 is 0 Å². The highest BCUT2D eigenvalue weighted by molar-refractivity contribution is 5.87. The summed E-state index contributed by atoms with van der Waals surface area (Å²) in [6, 6.07) is 4.81. The van der Waals surface area contributed by atoms with E-state index in [0.717, 1.165) is 17.5 Å². The molecule has 1 atom stereocenters. The van der Waals surface area contributed by atoms with Crippen molar-refractivity contribution < 1.29 is 9.18 Å². The standard InChI is InChI=1S/C13H12FNO/c1-2-3-13(16)15-12-7-9-4-5-11(14)6-10(9)8-12/h3-6,12H,1,7-8H2,(H,15,16). The molecule has 0 saturated carbocycles. The number of hydrogen-bond acceptors (Lipinski definition) is 1. The number of halogens is 1. The van der Waals surface area contributed by atoms with Crippen LogP contribution in [-0.2, 0) is 17.6 Å². The Kier molecular flexibility index (Phi) is 2.88. The minimum absolute atomic E-state index is 0.0499. The van der Waals surface area contributed by atoms with Crippen LogP contribution in [0.3, 0.4) is 0 Å². The number of amides is 1. The van der Waals surface area contributed by atoms with Crippen LogP contribution in [0.4, 0.5) is 4.39 Å². The quantitative estimate of drug-likeness (QED) is 0.593. The van der Waals surface area contributed by atoms with E-state index in [9.17, 15) is 9.18 Å². The largest absolute Gasteiger partial charge is 0.349 e. The van der Waals surface area contributed by atoms with Crippen LogP contribution in [0.25, 0.3) is 0 Å². The highest BCUT2D eigenvalue weighted by atomic mass is 19.1. The van der Waals surface area contributed by atoms with Gasteiger partial charge >= 0.3 is 0 Å². The Hall–Kier alpha value is -1.86. The minimum Gasteiger partial charge on any atom is -0.349 e. The van der Waals surface area contributed by atoms with Gasteiger partial charge < -0.3 is 5.32 Å². The van der Waals surface area contributed by atoms with Crippen molar-refractivity contribution in [2.24, 2.45) is 0 Å². The normalized spacial score (nSPS) is 17.4. The Bertz CT molecular complexity index is 475. The summed E-state index contributed by atoms with van der Waals surface area (Å²) in [5.41, 5.74) is 4.51. The van der Waals surface area contributed by atoms with Crippen molar-refractivity contribution in [2.75, 3.05) is 0 Å². The maximum atomic E-state index is 13.0. The molecule has 0 spiro atoms. The van der Waals surface area contributed by atoms with Crippen LogP contribution in [0.2, 0.25) is 0 Å². The van der Waals surface area contributed by atoms with Crippen LogP contribution in [0, 0.1) is 5.82 Å². The summed E-state index contributed by atoms with van der Waals surface area (Å²) in [5.74, 6) is -0.426. The SMILES string of the molecule is C=C=CC(=O)NC1Cc2ccc(F)cc2C1. The van der Waals surface area contributed by atoms with E-state index < -0.39 is 0 Å². The summed E-state index contributed by atoms with van der Waals surface area (Å²) in [4.78, 5) is 11.3. The fourth-order valence-corrected chi connectivity index (χ4v) is 2.02. The summed E-state index contributed by atoms with van der Waals surface area (Å²) in [7, 11) is 0. The van der Waals surface area contributed by atoms with Gasteiger partial charge in [0.2, 0.25) is 0 Å². The topological polar surface area (TPSA) is 29.1 Å². The zero-order valence-electron chi connectivity index (χ0n) is 8.79. The highest BCUT2D eigenvalue weighted by Crippen LogP contribution is 2.22. The maximum absolute atomic E-state index is 13.0. The molecule has 3 heteroatoms. The molecule has 2 rings (SSSR count). The maximum Gasteiger partial charge on any atom is 0.251 e. The van der Waals surface area contributed by atoms with Gasteiger partial charge in [0.05, 0.1) is 0 Å². The molecule has 1 amide bonds. The number of carbonyl (C=O) groups is 1. The van der Waals surface area contributed by atoms with Crippen molar-refractivity contribution in [3.63, 3.8) is 0 Å². The van der Waals surface area contributed by atoms with Gasteiger partial charge in [0.25, 0.3) is 5.91 Å². The van der Waals surface area contributed by atoms with E-state index in [0.29, 0.717) is 6.42 Å². The molecule has 1 unspecified atom stereocenters. The molecule has 0 heterocycles. The Labute approximate surface area is 93.5 Å². The average molecular weight is 217 g/mol. The van der Waals surface area contributed by atoms with Gasteiger partial charge in [-0.1, -0.05) is 12.6 Å². The molecule has 0 fully saturated rings. The molecule has 0 aliphatic heterocycles. The van der Waals surface area contributed by atoms with Crippen molar-refractivity contribution in [1.29, 1.82) is 0 Å². The van der Waals surface area contributed by atoms with Crippen molar-refractivity contribution in [3.05, 3.63) is 53.5 Å². The van der Waals surface area contributed by atoms with Crippen LogP contribution in [0.15, 0.2) is 36.6 Å². The first kappa shape index (κ1) is 10.7. The molecule has 0 bridgehead atoms. The zero-order chi connectivity index (χ0) is 11.5. The van der Waals surface area contributed by atoms with Crippen LogP contribution in [0.1, 0.15) is 11.1 Å². The first-order valence-electron chi connectivity index (χ1n) is 5.12. The van der Waals surface area contributed by atoms with Gasteiger partial charge in [0, 0.05) is 12.1 Å². The van der Waals surface area contributed by atoms with Gasteiger partial charge in [-0.15, -0.1) is 5.73 Å². The molecule has 1 N–H and O–H groups in total. The lowest BCUT2D eigenvalue weighted by Gasteiger charge is -2.08. The summed E-state index contributed by atoms with van der Waals surface area (Å²) < 4.78 is 13.0. The van der Waals surface area contributed by atoms with Crippen molar-refractivity contribution in [1.82, 2.24) is 5.32 Å². The summed E-state index contributed by atoms with van der Waals surface area (Å²) in [6.07, 6.45) is 2.71. The number of rotatable bonds is 2. The Morgan fingerprint density at radius 1 is 1.50 bits per heavy atom. The molecule has 1 aromatic carbocycles. The molecule has 1 aliphatic rings. The van der Waals surface area contributed by atoms with Gasteiger partial charge in [-0.05, 0) is 36.1 Å². The van der Waals surface area contributed by atoms with Crippen LogP contribution < -0.4 is 5.32 Å². The second kappa shape index (κ2) is 4.33. The number of carbonyl (C=O) groups excluding carboxylic acids is 1. The first-order valence-corrected chi connectivity index (χ1v) is 5.12. The molecular weight excluding hydrogens is 205 g/mol. The number of benzene rings is 1. The first-order chi connectivity index (χ1) is 7.69. The van der Waals surface area contributed by atoms with Crippen LogP contribution >= 0.6 is 0 Å². The third-order valence-electron chi connectivity index (χ3n) is 2.68. The van der Waals surface area contributed by atoms with Gasteiger partial charge in [0.1, 0.15) is 5.82 Å². The number of nitrogens with one attached hydrogen (secondary N) is 1. The molecule has 16 heavy (non-hydrogen) atoms. The monoisotopic (exact) mass is 217 g/mol. The number of hydrogen-bond donors (Lipinski definition) is 1. The van der Waals surface area contributed by atoms with E-state index in [2.05, 4.69) is 17.6 Å². The lowest BCUT2D eigenvalue weighted by atomic mass is 10.1. The molecular formula is C13H12FNO. The zero-order valence-corrected chi connectivity index (χ0v) is 8.79. The van der Waals surface area contributed by atoms with Crippen molar-refractivity contribution in [2.45, 2.75) is 18.9 Å². The van der Waals surface area contributed by atoms with E-state index in [4.69, 9.17) is 0 Å². The van der Waals surface area contributed by atoms with Gasteiger partial charge in [0.15, 0.2) is 0 Å². The lowest BCUT2D eigenvalue weighted by molar-refractivity contribution is -0.117. The van der Waals surface area contributed by atoms with Crippen molar-refractivity contribution in [3.8, 4) is 0 Å². The smallest absolute Gasteiger partial charge is 0.251 e. The highest BCUT2D eigenvalue weighted by Gasteiger charge is 2.22. The third-order valence-corrected chi connectivity index (χ3v) is 2.68. The van der Waals surface area contributed by atoms with Gasteiger partial charge in [-0.25, -0.2) is 4.39 Å². The Morgan fingerprint density at radius 2 is 2.25 bits per heavy atom. The second-order valence-corrected chi connectivity index (χ2v) is 3.88. The third kappa shape index (κ3) is 2.20. The fourth-order valence-electron chi connectivity index (χ4n) is 2.02. The van der Waals surface area contributed by atoms with Crippen LogP contribution in [0.5, 0.6) is 0 Å². The molecule has 1 aliphatic carbocycles. The van der Waals surface area contributed by atoms with Crippen molar-refractivity contribution >= 4 is 5.91 Å². The summed E-state index contributed by atoms with van der Waals surface area (Å²) in [5, 5.41) is 2.83. The predicted octanol–water partition coefficient (Wildman–Crippen LogP) is 1.75. The Morgan fingerprint density at radius 3 is 3.00 bits per heavy atom. The van der Waals surface area contributed by atoms with E-state index in [1.807, 2.05) is 0 Å². The summed E-state index contributed by atoms with van der Waals surface area (Å²) in [6.45, 7) is 3.34. The van der Waals surface area contributed by atoms with E-state index in [1.54, 1.807) is 6.07 Å². The lowest BCUT2D eigenvalue weighted by Crippen LogP contribution is -2.33. The Balaban J connectivity index is 2.05. The molecule has 2 nitrogen and oxygen atoms in total. The van der Waals surface area contributed by atoms with Gasteiger partial charge in [-0.2, -0.15) is 0 Å². The van der Waals surface area contributed by atoms with E-state index in [-0.39, 0.29) is 17.8 Å². The number of fused-ring (bicyclic) bond motifs is 1. The fraction of sp³-hybridized carbons (Fsp3) is 0.231. The summed E-state index contributed by atoms with van der Waals surface area (Å²) >= 11 is 0. The molecule has 82 valence electrons. The van der Waals surface area contributed by atoms with Crippen LogP contribution in [-0.4, -0.2) is 11.9 Å². The molecule has 0 saturated heterocycles. The molecule has 0 aromatic heterocycles. The second-order valence-electron chi connectivity index (χ2n) is 3.88. The predicted molar refractivity (Wildman–Crippen MR) is 59.4 cm³/mol. The minimum atomic E-state index is -0.225. The average Bonchev–Trinajstić information content (AvgIpc) is 2.59. The van der Waals surface area contributed by atoms with E-state index in [1.165, 1.54) is 18.2 Å². The molecule has 0 radical (unpaired) electrons. The molecule has 1 aromatic rings. The van der Waals surface area contributed by atoms with Gasteiger partial charge in [-0.3, -0.25) is 4.79 Å².